The average molecular weight is 413 g/mol. The Morgan fingerprint density at radius 1 is 1.00 bits per heavy atom. The first-order valence-electron chi connectivity index (χ1n) is 10.1. The van der Waals surface area contributed by atoms with E-state index in [-0.39, 0.29) is 5.56 Å². The van der Waals surface area contributed by atoms with E-state index < -0.39 is 0 Å². The fourth-order valence-electron chi connectivity index (χ4n) is 3.62. The van der Waals surface area contributed by atoms with Gasteiger partial charge in [0.25, 0.3) is 5.56 Å². The first kappa shape index (κ1) is 17.6. The Morgan fingerprint density at radius 3 is 2.77 bits per heavy atom. The van der Waals surface area contributed by atoms with Gasteiger partial charge in [-0.25, -0.2) is 9.97 Å². The molecule has 154 valence electrons. The summed E-state index contributed by atoms with van der Waals surface area (Å²) in [6.07, 6.45) is 2.40. The van der Waals surface area contributed by atoms with Gasteiger partial charge in [-0.15, -0.1) is 0 Å². The quantitative estimate of drug-likeness (QED) is 0.296. The van der Waals surface area contributed by atoms with Gasteiger partial charge < -0.3 is 10.6 Å². The first-order chi connectivity index (χ1) is 15.1. The minimum atomic E-state index is -0.152. The van der Waals surface area contributed by atoms with Gasteiger partial charge in [0.15, 0.2) is 11.6 Å². The highest BCUT2D eigenvalue weighted by Gasteiger charge is 2.25. The molecule has 1 saturated carbocycles. The number of hydrogen-bond acceptors (Lipinski definition) is 7. The Morgan fingerprint density at radius 2 is 1.90 bits per heavy atom. The van der Waals surface area contributed by atoms with Crippen molar-refractivity contribution >= 4 is 45.2 Å². The Bertz CT molecular complexity index is 1490. The van der Waals surface area contributed by atoms with E-state index in [1.165, 1.54) is 12.8 Å². The second kappa shape index (κ2) is 6.66. The van der Waals surface area contributed by atoms with Crippen LogP contribution in [0.5, 0.6) is 0 Å². The van der Waals surface area contributed by atoms with Crippen LogP contribution < -0.4 is 16.2 Å². The van der Waals surface area contributed by atoms with Crippen LogP contribution in [0.1, 0.15) is 30.1 Å². The maximum Gasteiger partial charge on any atom is 0.271 e. The van der Waals surface area contributed by atoms with Crippen molar-refractivity contribution in [2.75, 3.05) is 10.6 Å². The Kier molecular flexibility index (Phi) is 3.79. The lowest BCUT2D eigenvalue weighted by Crippen LogP contribution is -2.04. The van der Waals surface area contributed by atoms with Gasteiger partial charge in [-0.3, -0.25) is 20.1 Å². The smallest absolute Gasteiger partial charge is 0.271 e. The third-order valence-corrected chi connectivity index (χ3v) is 5.37. The molecule has 31 heavy (non-hydrogen) atoms. The van der Waals surface area contributed by atoms with Gasteiger partial charge in [0.2, 0.25) is 5.95 Å². The van der Waals surface area contributed by atoms with Crippen LogP contribution in [0.25, 0.3) is 21.9 Å². The van der Waals surface area contributed by atoms with Crippen molar-refractivity contribution in [3.63, 3.8) is 0 Å². The van der Waals surface area contributed by atoms with Gasteiger partial charge in [-0.1, -0.05) is 0 Å². The number of aromatic nitrogens is 7. The van der Waals surface area contributed by atoms with E-state index in [0.29, 0.717) is 45.4 Å². The Labute approximate surface area is 175 Å². The van der Waals surface area contributed by atoms with Gasteiger partial charge >= 0.3 is 0 Å². The van der Waals surface area contributed by atoms with Gasteiger partial charge in [0.1, 0.15) is 5.52 Å². The van der Waals surface area contributed by atoms with E-state index in [4.69, 9.17) is 0 Å². The molecule has 0 aliphatic heterocycles. The summed E-state index contributed by atoms with van der Waals surface area (Å²) >= 11 is 0. The molecule has 10 heteroatoms. The molecule has 0 atom stereocenters. The molecule has 1 aliphatic rings. The van der Waals surface area contributed by atoms with Crippen LogP contribution in [0.2, 0.25) is 0 Å². The summed E-state index contributed by atoms with van der Waals surface area (Å²) in [4.78, 5) is 25.6. The molecular weight excluding hydrogens is 394 g/mol. The van der Waals surface area contributed by atoms with Gasteiger partial charge in [0, 0.05) is 29.1 Å². The molecular formula is C21H19N9O. The normalized spacial score (nSPS) is 13.7. The maximum absolute atomic E-state index is 11.7. The molecule has 5 aromatic rings. The summed E-state index contributed by atoms with van der Waals surface area (Å²) in [5.41, 5.74) is 4.70. The molecule has 0 saturated heterocycles. The zero-order valence-electron chi connectivity index (χ0n) is 16.7. The van der Waals surface area contributed by atoms with Crippen molar-refractivity contribution in [1.82, 2.24) is 35.3 Å². The molecule has 0 bridgehead atoms. The fourth-order valence-corrected chi connectivity index (χ4v) is 3.62. The highest BCUT2D eigenvalue weighted by molar-refractivity contribution is 5.89. The summed E-state index contributed by atoms with van der Waals surface area (Å²) in [6.45, 7) is 1.93. The molecule has 10 nitrogen and oxygen atoms in total. The summed E-state index contributed by atoms with van der Waals surface area (Å²) < 4.78 is 0. The third kappa shape index (κ3) is 3.27. The number of aryl methyl sites for hydroxylation is 1. The zero-order valence-corrected chi connectivity index (χ0v) is 16.7. The number of benzene rings is 1. The lowest BCUT2D eigenvalue weighted by molar-refractivity contribution is 0.966. The van der Waals surface area contributed by atoms with Crippen LogP contribution in [0.4, 0.5) is 23.3 Å². The lowest BCUT2D eigenvalue weighted by atomic mass is 10.2. The van der Waals surface area contributed by atoms with E-state index in [2.05, 4.69) is 46.0 Å². The van der Waals surface area contributed by atoms with Crippen molar-refractivity contribution in [2.45, 2.75) is 25.7 Å². The number of pyridine rings is 1. The van der Waals surface area contributed by atoms with E-state index in [9.17, 15) is 4.79 Å². The molecule has 1 aromatic carbocycles. The number of fused-ring (bicyclic) bond motifs is 2. The number of nitrogens with zero attached hydrogens (tertiary/aromatic N) is 4. The molecule has 1 aliphatic carbocycles. The number of hydrogen-bond donors (Lipinski definition) is 5. The molecule has 0 radical (unpaired) electrons. The van der Waals surface area contributed by atoms with Gasteiger partial charge in [-0.05, 0) is 50.1 Å². The molecule has 5 N–H and O–H groups in total. The molecule has 0 spiro atoms. The second-order valence-corrected chi connectivity index (χ2v) is 7.79. The van der Waals surface area contributed by atoms with Crippen LogP contribution in [0.3, 0.4) is 0 Å². The Balaban J connectivity index is 1.38. The summed E-state index contributed by atoms with van der Waals surface area (Å²) in [5, 5.41) is 20.0. The second-order valence-electron chi connectivity index (χ2n) is 7.79. The van der Waals surface area contributed by atoms with Crippen molar-refractivity contribution in [3.05, 3.63) is 58.1 Å². The van der Waals surface area contributed by atoms with E-state index in [1.807, 2.05) is 37.3 Å². The summed E-state index contributed by atoms with van der Waals surface area (Å²) in [6, 6.07) is 11.2. The van der Waals surface area contributed by atoms with Crippen molar-refractivity contribution in [3.8, 4) is 0 Å². The highest BCUT2D eigenvalue weighted by Crippen LogP contribution is 2.39. The predicted molar refractivity (Wildman–Crippen MR) is 118 cm³/mol. The fraction of sp³-hybridized carbons (Fsp3) is 0.190. The monoisotopic (exact) mass is 413 g/mol. The first-order valence-corrected chi connectivity index (χ1v) is 10.1. The maximum atomic E-state index is 11.7. The minimum absolute atomic E-state index is 0.152. The summed E-state index contributed by atoms with van der Waals surface area (Å²) in [7, 11) is 0. The highest BCUT2D eigenvalue weighted by atomic mass is 16.1. The molecule has 4 heterocycles. The van der Waals surface area contributed by atoms with Crippen LogP contribution >= 0.6 is 0 Å². The predicted octanol–water partition coefficient (Wildman–Crippen LogP) is 3.59. The third-order valence-electron chi connectivity index (χ3n) is 5.37. The van der Waals surface area contributed by atoms with Crippen molar-refractivity contribution in [1.29, 1.82) is 0 Å². The molecule has 4 aromatic heterocycles. The van der Waals surface area contributed by atoms with Crippen LogP contribution in [-0.2, 0) is 0 Å². The van der Waals surface area contributed by atoms with E-state index in [1.54, 1.807) is 6.07 Å². The van der Waals surface area contributed by atoms with E-state index in [0.717, 1.165) is 17.1 Å². The van der Waals surface area contributed by atoms with E-state index >= 15 is 0 Å². The van der Waals surface area contributed by atoms with Crippen molar-refractivity contribution < 1.29 is 0 Å². The van der Waals surface area contributed by atoms with Crippen LogP contribution in [-0.4, -0.2) is 35.3 Å². The number of rotatable bonds is 5. The topological polar surface area (TPSA) is 140 Å². The van der Waals surface area contributed by atoms with Crippen LogP contribution in [0, 0.1) is 6.92 Å². The van der Waals surface area contributed by atoms with Gasteiger partial charge in [-0.2, -0.15) is 10.1 Å². The molecule has 0 amide bonds. The molecule has 0 unspecified atom stereocenters. The average Bonchev–Trinajstić information content (AvgIpc) is 3.40. The largest absolute Gasteiger partial charge is 0.324 e. The number of aromatic amines is 3. The minimum Gasteiger partial charge on any atom is -0.324 e. The van der Waals surface area contributed by atoms with Gasteiger partial charge in [0.05, 0.1) is 16.4 Å². The van der Waals surface area contributed by atoms with Crippen molar-refractivity contribution in [2.24, 2.45) is 0 Å². The standard InChI is InChI=1S/C21H19N9O/c1-10-2-7-14-18(22-10)19(25-17-9-15(27-29-17)11-3-4-11)26-21(24-14)23-12-5-6-13-16(8-12)28-30-20(13)31/h2,5-9,11H,3-4H2,1H3,(H2,28,30,31)(H3,23,24,25,26,27,29). The Hall–Kier alpha value is -4.21. The number of H-pyrrole nitrogens is 3. The number of nitrogens with one attached hydrogen (secondary N) is 5. The zero-order chi connectivity index (χ0) is 20.9. The number of anilines is 4. The SMILES string of the molecule is Cc1ccc2nc(Nc3ccc4c(=O)[nH][nH]c4c3)nc(Nc3cc(C4CC4)[nH]n3)c2n1. The summed E-state index contributed by atoms with van der Waals surface area (Å²) in [5.74, 6) is 2.26. The molecule has 6 rings (SSSR count). The molecule has 1 fully saturated rings. The lowest BCUT2D eigenvalue weighted by Gasteiger charge is -2.10. The van der Waals surface area contributed by atoms with Crippen LogP contribution in [0.15, 0.2) is 41.2 Å².